The molecule has 2 aromatic rings. The lowest BCUT2D eigenvalue weighted by Crippen LogP contribution is -3.09. The molecule has 6 nitrogen and oxygen atoms in total. The van der Waals surface area contributed by atoms with Crippen LogP contribution in [0, 0.1) is 4.77 Å². The van der Waals surface area contributed by atoms with Crippen molar-refractivity contribution in [1.82, 2.24) is 19.7 Å². The van der Waals surface area contributed by atoms with Gasteiger partial charge in [0.05, 0.1) is 7.05 Å². The molecule has 2 rings (SSSR count). The maximum atomic E-state index is 11.9. The largest absolute Gasteiger partial charge is 0.351 e. The molecule has 25 heavy (non-hydrogen) atoms. The summed E-state index contributed by atoms with van der Waals surface area (Å²) in [7, 11) is 1.96. The van der Waals surface area contributed by atoms with Gasteiger partial charge in [-0.25, -0.2) is 0 Å². The number of carbonyl (C=O) groups excluding carboxylic acids is 1. The molecular weight excluding hydrogens is 334 g/mol. The fraction of sp³-hybridized carbons (Fsp3) is 0.389. The molecule has 0 aliphatic carbocycles. The molecule has 0 saturated heterocycles. The van der Waals surface area contributed by atoms with E-state index in [1.54, 1.807) is 4.68 Å². The molecule has 134 valence electrons. The number of nitrogens with one attached hydrogen (secondary N) is 2. The maximum absolute atomic E-state index is 11.9. The van der Waals surface area contributed by atoms with Crippen molar-refractivity contribution in [2.24, 2.45) is 0 Å². The first-order valence-corrected chi connectivity index (χ1v) is 8.89. The number of quaternary nitrogens is 1. The molecule has 0 bridgehead atoms. The van der Waals surface area contributed by atoms with Crippen LogP contribution in [0.4, 0.5) is 0 Å². The van der Waals surface area contributed by atoms with Crippen molar-refractivity contribution >= 4 is 18.1 Å². The highest BCUT2D eigenvalue weighted by atomic mass is 32.1. The molecule has 1 atom stereocenters. The van der Waals surface area contributed by atoms with Gasteiger partial charge in [0, 0.05) is 18.7 Å². The minimum Gasteiger partial charge on any atom is -0.351 e. The number of nitrogens with zero attached hydrogens (tertiary/aromatic N) is 3. The van der Waals surface area contributed by atoms with E-state index >= 15 is 0 Å². The molecule has 2 N–H and O–H groups in total. The standard InChI is InChI=1S/C18H25N5OS/c1-4-11-19-16(24)13-21(3)14-23-18(25)22(12-5-2)17(20-23)15-9-7-6-8-10-15/h5-10H,2,4,11-14H2,1,3H3,(H,19,24)/p+1. The van der Waals surface area contributed by atoms with E-state index in [1.165, 1.54) is 0 Å². The summed E-state index contributed by atoms with van der Waals surface area (Å²) < 4.78 is 4.37. The van der Waals surface area contributed by atoms with Crippen LogP contribution in [0.3, 0.4) is 0 Å². The summed E-state index contributed by atoms with van der Waals surface area (Å²) in [4.78, 5) is 12.9. The molecule has 1 unspecified atom stereocenters. The summed E-state index contributed by atoms with van der Waals surface area (Å²) in [6.07, 6.45) is 2.74. The Labute approximate surface area is 153 Å². The van der Waals surface area contributed by atoms with E-state index < -0.39 is 0 Å². The first-order valence-electron chi connectivity index (χ1n) is 8.48. The first-order chi connectivity index (χ1) is 12.1. The van der Waals surface area contributed by atoms with Gasteiger partial charge >= 0.3 is 0 Å². The highest BCUT2D eigenvalue weighted by molar-refractivity contribution is 7.71. The SMILES string of the molecule is C=CCn1c(-c2ccccc2)nn(C[NH+](C)CC(=O)NCCC)c1=S. The maximum Gasteiger partial charge on any atom is 0.275 e. The van der Waals surface area contributed by atoms with Crippen LogP contribution >= 0.6 is 12.2 Å². The van der Waals surface area contributed by atoms with Crippen molar-refractivity contribution in [3.05, 3.63) is 47.8 Å². The Morgan fingerprint density at radius 1 is 1.40 bits per heavy atom. The van der Waals surface area contributed by atoms with Crippen LogP contribution in [-0.4, -0.2) is 40.4 Å². The van der Waals surface area contributed by atoms with Gasteiger partial charge in [-0.15, -0.1) is 11.7 Å². The summed E-state index contributed by atoms with van der Waals surface area (Å²) in [5.41, 5.74) is 1.01. The summed E-state index contributed by atoms with van der Waals surface area (Å²) in [6, 6.07) is 9.95. The Morgan fingerprint density at radius 2 is 2.12 bits per heavy atom. The average molecular weight is 361 g/mol. The van der Waals surface area contributed by atoms with Crippen LogP contribution in [-0.2, 0) is 18.0 Å². The zero-order valence-corrected chi connectivity index (χ0v) is 15.7. The molecule has 0 saturated carbocycles. The Bertz CT molecular complexity index is 766. The predicted molar refractivity (Wildman–Crippen MR) is 102 cm³/mol. The van der Waals surface area contributed by atoms with Crippen molar-refractivity contribution in [2.75, 3.05) is 20.1 Å². The Hall–Kier alpha value is -2.25. The summed E-state index contributed by atoms with van der Waals surface area (Å²) >= 11 is 5.58. The number of allylic oxidation sites excluding steroid dienone is 1. The van der Waals surface area contributed by atoms with Gasteiger partial charge < -0.3 is 10.2 Å². The van der Waals surface area contributed by atoms with Gasteiger partial charge in [-0.1, -0.05) is 43.3 Å². The number of rotatable bonds is 9. The summed E-state index contributed by atoms with van der Waals surface area (Å²) in [5, 5.41) is 7.58. The highest BCUT2D eigenvalue weighted by Crippen LogP contribution is 2.17. The van der Waals surface area contributed by atoms with E-state index in [2.05, 4.69) is 17.0 Å². The molecule has 0 radical (unpaired) electrons. The van der Waals surface area contributed by atoms with E-state index in [9.17, 15) is 4.79 Å². The van der Waals surface area contributed by atoms with Gasteiger partial charge in [0.1, 0.15) is 0 Å². The van der Waals surface area contributed by atoms with Crippen molar-refractivity contribution in [2.45, 2.75) is 26.6 Å². The number of aromatic nitrogens is 3. The topological polar surface area (TPSA) is 56.3 Å². The van der Waals surface area contributed by atoms with Crippen molar-refractivity contribution < 1.29 is 9.69 Å². The fourth-order valence-electron chi connectivity index (χ4n) is 2.55. The van der Waals surface area contributed by atoms with E-state index in [0.29, 0.717) is 31.1 Å². The predicted octanol–water partition coefficient (Wildman–Crippen LogP) is 1.27. The monoisotopic (exact) mass is 360 g/mol. The molecular formula is C18H26N5OS+. The lowest BCUT2D eigenvalue weighted by Gasteiger charge is -2.13. The summed E-state index contributed by atoms with van der Waals surface area (Å²) in [5.74, 6) is 0.855. The summed E-state index contributed by atoms with van der Waals surface area (Å²) in [6.45, 7) is 8.06. The van der Waals surface area contributed by atoms with Gasteiger partial charge in [0.15, 0.2) is 19.0 Å². The number of carbonyl (C=O) groups is 1. The minimum absolute atomic E-state index is 0.0414. The van der Waals surface area contributed by atoms with Crippen molar-refractivity contribution in [3.8, 4) is 11.4 Å². The fourth-order valence-corrected chi connectivity index (χ4v) is 2.82. The third kappa shape index (κ3) is 5.11. The third-order valence-corrected chi connectivity index (χ3v) is 4.15. The van der Waals surface area contributed by atoms with Crippen molar-refractivity contribution in [3.63, 3.8) is 0 Å². The van der Waals surface area contributed by atoms with Gasteiger partial charge in [-0.3, -0.25) is 9.36 Å². The van der Waals surface area contributed by atoms with Crippen LogP contribution in [0.25, 0.3) is 11.4 Å². The lowest BCUT2D eigenvalue weighted by molar-refractivity contribution is -0.895. The number of benzene rings is 1. The van der Waals surface area contributed by atoms with Crippen LogP contribution < -0.4 is 10.2 Å². The van der Waals surface area contributed by atoms with Crippen LogP contribution in [0.15, 0.2) is 43.0 Å². The molecule has 1 aromatic heterocycles. The molecule has 1 amide bonds. The van der Waals surface area contributed by atoms with Gasteiger partial charge in [0.25, 0.3) is 5.91 Å². The zero-order chi connectivity index (χ0) is 18.2. The van der Waals surface area contributed by atoms with E-state index in [4.69, 9.17) is 12.2 Å². The van der Waals surface area contributed by atoms with E-state index in [-0.39, 0.29) is 5.91 Å². The number of hydrogen-bond donors (Lipinski definition) is 2. The van der Waals surface area contributed by atoms with Gasteiger partial charge in [-0.2, -0.15) is 4.68 Å². The number of hydrogen-bond acceptors (Lipinski definition) is 3. The molecule has 0 aliphatic rings. The van der Waals surface area contributed by atoms with Crippen LogP contribution in [0.1, 0.15) is 13.3 Å². The molecule has 0 spiro atoms. The molecule has 1 aromatic carbocycles. The molecule has 1 heterocycles. The van der Waals surface area contributed by atoms with Crippen molar-refractivity contribution in [1.29, 1.82) is 0 Å². The normalized spacial score (nSPS) is 11.9. The minimum atomic E-state index is 0.0414. The van der Waals surface area contributed by atoms with Crippen LogP contribution in [0.5, 0.6) is 0 Å². The Kier molecular flexibility index (Phi) is 7.09. The molecule has 0 fully saturated rings. The smallest absolute Gasteiger partial charge is 0.275 e. The second-order valence-corrected chi connectivity index (χ2v) is 6.38. The molecule has 0 aliphatic heterocycles. The lowest BCUT2D eigenvalue weighted by atomic mass is 10.2. The quantitative estimate of drug-likeness (QED) is 0.523. The van der Waals surface area contributed by atoms with E-state index in [0.717, 1.165) is 22.7 Å². The molecule has 7 heteroatoms. The second kappa shape index (κ2) is 9.29. The van der Waals surface area contributed by atoms with E-state index in [1.807, 2.05) is 54.9 Å². The first kappa shape index (κ1) is 19.1. The second-order valence-electron chi connectivity index (χ2n) is 6.01. The average Bonchev–Trinajstić information content (AvgIpc) is 2.90. The van der Waals surface area contributed by atoms with Gasteiger partial charge in [0.2, 0.25) is 4.77 Å². The number of amides is 1. The van der Waals surface area contributed by atoms with Gasteiger partial charge in [-0.05, 0) is 18.6 Å². The Morgan fingerprint density at radius 3 is 2.76 bits per heavy atom. The highest BCUT2D eigenvalue weighted by Gasteiger charge is 2.16. The number of likely N-dealkylation sites (N-methyl/N-ethyl adjacent to an activating group) is 1. The van der Waals surface area contributed by atoms with Crippen LogP contribution in [0.2, 0.25) is 0 Å². The zero-order valence-electron chi connectivity index (χ0n) is 14.9. The Balaban J connectivity index is 2.20. The third-order valence-electron chi connectivity index (χ3n) is 3.72.